The largest absolute Gasteiger partial charge is 0.490 e. The number of pyridine rings is 1. The summed E-state index contributed by atoms with van der Waals surface area (Å²) in [6.07, 6.45) is 3.32. The van der Waals surface area contributed by atoms with Gasteiger partial charge in [0.05, 0.1) is 34.1 Å². The summed E-state index contributed by atoms with van der Waals surface area (Å²) in [6, 6.07) is 5.62. The Bertz CT molecular complexity index is 910. The quantitative estimate of drug-likeness (QED) is 0.632. The standard InChI is InChI=1S/C21H27N3O4S/c1-3-29-11-17(25)24-13-7-9-14(10-8-13)28-16-6-4-5-15-19(16)20(22)18(21(26)27)12(2)23-15/h4-6,13-14H,3,7-11H2,1-2H3,(H2,22,23)(H,24,25)(H,26,27). The van der Waals surface area contributed by atoms with Gasteiger partial charge in [-0.3, -0.25) is 9.78 Å². The minimum atomic E-state index is -1.10. The van der Waals surface area contributed by atoms with Crippen LogP contribution >= 0.6 is 11.8 Å². The highest BCUT2D eigenvalue weighted by Crippen LogP contribution is 2.35. The number of rotatable bonds is 7. The fourth-order valence-electron chi connectivity index (χ4n) is 3.78. The Morgan fingerprint density at radius 3 is 2.69 bits per heavy atom. The third-order valence-corrected chi connectivity index (χ3v) is 6.05. The molecule has 8 heteroatoms. The number of carbonyl (C=O) groups is 2. The molecule has 0 saturated heterocycles. The summed E-state index contributed by atoms with van der Waals surface area (Å²) >= 11 is 1.62. The number of hydrogen-bond donors (Lipinski definition) is 3. The monoisotopic (exact) mass is 417 g/mol. The second kappa shape index (κ2) is 9.35. The molecule has 1 amide bonds. The highest BCUT2D eigenvalue weighted by molar-refractivity contribution is 7.99. The molecule has 0 spiro atoms. The van der Waals surface area contributed by atoms with Crippen LogP contribution < -0.4 is 15.8 Å². The highest BCUT2D eigenvalue weighted by atomic mass is 32.2. The molecular formula is C21H27N3O4S. The number of ether oxygens (including phenoxy) is 1. The predicted molar refractivity (Wildman–Crippen MR) is 116 cm³/mol. The van der Waals surface area contributed by atoms with Crippen LogP contribution in [0, 0.1) is 6.92 Å². The molecule has 7 nitrogen and oxygen atoms in total. The average molecular weight is 418 g/mol. The number of aryl methyl sites for hydroxylation is 1. The zero-order valence-electron chi connectivity index (χ0n) is 16.7. The molecule has 0 bridgehead atoms. The fraction of sp³-hybridized carbons (Fsp3) is 0.476. The lowest BCUT2D eigenvalue weighted by Gasteiger charge is -2.30. The van der Waals surface area contributed by atoms with Gasteiger partial charge in [0, 0.05) is 6.04 Å². The number of fused-ring (bicyclic) bond motifs is 1. The van der Waals surface area contributed by atoms with Gasteiger partial charge in [-0.2, -0.15) is 11.8 Å². The lowest BCUT2D eigenvalue weighted by Crippen LogP contribution is -2.40. The van der Waals surface area contributed by atoms with Crippen LogP contribution in [0.4, 0.5) is 5.69 Å². The van der Waals surface area contributed by atoms with Gasteiger partial charge in [-0.05, 0) is 50.5 Å². The maximum absolute atomic E-state index is 11.9. The fourth-order valence-corrected chi connectivity index (χ4v) is 4.25. The van der Waals surface area contributed by atoms with Gasteiger partial charge in [-0.1, -0.05) is 13.0 Å². The van der Waals surface area contributed by atoms with E-state index in [-0.39, 0.29) is 29.3 Å². The molecule has 4 N–H and O–H groups in total. The molecule has 3 rings (SSSR count). The molecule has 1 saturated carbocycles. The van der Waals surface area contributed by atoms with Crippen LogP contribution in [0.2, 0.25) is 0 Å². The molecular weight excluding hydrogens is 390 g/mol. The Kier molecular flexibility index (Phi) is 6.84. The summed E-state index contributed by atoms with van der Waals surface area (Å²) < 4.78 is 6.21. The summed E-state index contributed by atoms with van der Waals surface area (Å²) in [6.45, 7) is 3.68. The number of hydrogen-bond acceptors (Lipinski definition) is 6. The van der Waals surface area contributed by atoms with Gasteiger partial charge in [-0.25, -0.2) is 4.79 Å². The molecule has 2 aromatic rings. The Hall–Kier alpha value is -2.48. The molecule has 1 heterocycles. The van der Waals surface area contributed by atoms with E-state index in [4.69, 9.17) is 10.5 Å². The number of benzene rings is 1. The Balaban J connectivity index is 1.71. The number of carboxylic acids is 1. The van der Waals surface area contributed by atoms with E-state index >= 15 is 0 Å². The maximum Gasteiger partial charge on any atom is 0.339 e. The first-order chi connectivity index (χ1) is 13.9. The molecule has 0 radical (unpaired) electrons. The summed E-state index contributed by atoms with van der Waals surface area (Å²) in [5.41, 5.74) is 7.41. The van der Waals surface area contributed by atoms with Crippen LogP contribution in [0.5, 0.6) is 5.75 Å². The molecule has 1 aliphatic rings. The van der Waals surface area contributed by atoms with Crippen molar-refractivity contribution in [2.45, 2.75) is 51.7 Å². The van der Waals surface area contributed by atoms with Crippen molar-refractivity contribution in [3.63, 3.8) is 0 Å². The molecule has 0 unspecified atom stereocenters. The number of nitrogens with two attached hydrogens (primary N) is 1. The summed E-state index contributed by atoms with van der Waals surface area (Å²) in [4.78, 5) is 27.9. The van der Waals surface area contributed by atoms with Crippen LogP contribution in [0.15, 0.2) is 18.2 Å². The predicted octanol–water partition coefficient (Wildman–Crippen LogP) is 3.38. The third-order valence-electron chi connectivity index (χ3n) is 5.18. The Morgan fingerprint density at radius 1 is 1.31 bits per heavy atom. The van der Waals surface area contributed by atoms with E-state index in [1.165, 1.54) is 0 Å². The van der Waals surface area contributed by atoms with Crippen molar-refractivity contribution in [1.29, 1.82) is 0 Å². The topological polar surface area (TPSA) is 115 Å². The van der Waals surface area contributed by atoms with E-state index in [9.17, 15) is 14.7 Å². The molecule has 1 aliphatic carbocycles. The smallest absolute Gasteiger partial charge is 0.339 e. The van der Waals surface area contributed by atoms with Crippen molar-refractivity contribution in [3.8, 4) is 5.75 Å². The number of nitrogens with zero attached hydrogens (tertiary/aromatic N) is 1. The van der Waals surface area contributed by atoms with Crippen LogP contribution in [-0.4, -0.2) is 45.6 Å². The van der Waals surface area contributed by atoms with E-state index in [0.29, 0.717) is 28.1 Å². The van der Waals surface area contributed by atoms with Crippen LogP contribution in [0.1, 0.15) is 48.7 Å². The van der Waals surface area contributed by atoms with Gasteiger partial charge in [0.2, 0.25) is 5.91 Å². The van der Waals surface area contributed by atoms with E-state index in [0.717, 1.165) is 31.4 Å². The number of carboxylic acid groups (broad SMARTS) is 1. The lowest BCUT2D eigenvalue weighted by molar-refractivity contribution is -0.119. The second-order valence-electron chi connectivity index (χ2n) is 7.24. The molecule has 0 aliphatic heterocycles. The van der Waals surface area contributed by atoms with Gasteiger partial charge in [0.15, 0.2) is 0 Å². The molecule has 1 aromatic carbocycles. The number of anilines is 1. The van der Waals surface area contributed by atoms with Crippen LogP contribution in [-0.2, 0) is 4.79 Å². The number of amides is 1. The third kappa shape index (κ3) is 4.93. The first kappa shape index (κ1) is 21.2. The van der Waals surface area contributed by atoms with Gasteiger partial charge < -0.3 is 20.9 Å². The summed E-state index contributed by atoms with van der Waals surface area (Å²) in [5.74, 6) is 0.981. The van der Waals surface area contributed by atoms with Crippen LogP contribution in [0.3, 0.4) is 0 Å². The van der Waals surface area contributed by atoms with Crippen molar-refractivity contribution in [2.75, 3.05) is 17.2 Å². The van der Waals surface area contributed by atoms with Crippen molar-refractivity contribution >= 4 is 40.2 Å². The summed E-state index contributed by atoms with van der Waals surface area (Å²) in [5, 5.41) is 13.1. The zero-order chi connectivity index (χ0) is 21.0. The Labute approximate surface area is 174 Å². The molecule has 29 heavy (non-hydrogen) atoms. The molecule has 156 valence electrons. The first-order valence-corrected chi connectivity index (χ1v) is 11.0. The lowest BCUT2D eigenvalue weighted by atomic mass is 9.93. The number of nitrogens with one attached hydrogen (secondary N) is 1. The number of thioether (sulfide) groups is 1. The van der Waals surface area contributed by atoms with Crippen molar-refractivity contribution in [1.82, 2.24) is 10.3 Å². The number of aromatic carboxylic acids is 1. The maximum atomic E-state index is 11.9. The zero-order valence-corrected chi connectivity index (χ0v) is 17.6. The summed E-state index contributed by atoms with van der Waals surface area (Å²) in [7, 11) is 0. The van der Waals surface area contributed by atoms with E-state index in [1.54, 1.807) is 30.8 Å². The normalized spacial score (nSPS) is 19.1. The van der Waals surface area contributed by atoms with Crippen molar-refractivity contribution in [3.05, 3.63) is 29.5 Å². The van der Waals surface area contributed by atoms with E-state index in [2.05, 4.69) is 10.3 Å². The minimum absolute atomic E-state index is 0.00671. The molecule has 0 atom stereocenters. The molecule has 1 aromatic heterocycles. The number of nitrogen functional groups attached to an aromatic ring is 1. The number of carbonyl (C=O) groups excluding carboxylic acids is 1. The average Bonchev–Trinajstić information content (AvgIpc) is 2.67. The van der Waals surface area contributed by atoms with Gasteiger partial charge >= 0.3 is 5.97 Å². The molecule has 1 fully saturated rings. The van der Waals surface area contributed by atoms with Crippen LogP contribution in [0.25, 0.3) is 10.9 Å². The van der Waals surface area contributed by atoms with E-state index < -0.39 is 5.97 Å². The van der Waals surface area contributed by atoms with Crippen molar-refractivity contribution < 1.29 is 19.4 Å². The Morgan fingerprint density at radius 2 is 2.03 bits per heavy atom. The first-order valence-electron chi connectivity index (χ1n) is 9.86. The SMILES string of the molecule is CCSCC(=O)NC1CCC(Oc2cccc3nc(C)c(C(=O)O)c(N)c23)CC1. The second-order valence-corrected chi connectivity index (χ2v) is 8.51. The van der Waals surface area contributed by atoms with Crippen molar-refractivity contribution in [2.24, 2.45) is 0 Å². The van der Waals surface area contributed by atoms with Gasteiger partial charge in [-0.15, -0.1) is 0 Å². The van der Waals surface area contributed by atoms with E-state index in [1.807, 2.05) is 13.0 Å². The van der Waals surface area contributed by atoms with Gasteiger partial charge in [0.25, 0.3) is 0 Å². The van der Waals surface area contributed by atoms with Gasteiger partial charge in [0.1, 0.15) is 11.3 Å². The highest BCUT2D eigenvalue weighted by Gasteiger charge is 2.25. The number of aromatic nitrogens is 1. The minimum Gasteiger partial charge on any atom is -0.490 e.